The third-order valence-corrected chi connectivity index (χ3v) is 4.50. The summed E-state index contributed by atoms with van der Waals surface area (Å²) in [6.45, 7) is 1.97. The lowest BCUT2D eigenvalue weighted by atomic mass is 10.0. The second-order valence-electron chi connectivity index (χ2n) is 4.83. The van der Waals surface area contributed by atoms with Crippen LogP contribution in [0.5, 0.6) is 17.2 Å². The highest BCUT2D eigenvalue weighted by Gasteiger charge is 2.17. The number of rotatable bonds is 7. The molecule has 0 saturated heterocycles. The second kappa shape index (κ2) is 9.25. The molecule has 0 radical (unpaired) electrons. The molecule has 1 heterocycles. The molecule has 0 saturated carbocycles. The smallest absolute Gasteiger partial charge is 0.203 e. The van der Waals surface area contributed by atoms with Gasteiger partial charge in [0.2, 0.25) is 5.75 Å². The third-order valence-electron chi connectivity index (χ3n) is 3.54. The number of halogens is 1. The lowest BCUT2D eigenvalue weighted by Crippen LogP contribution is -1.95. The predicted molar refractivity (Wildman–Crippen MR) is 104 cm³/mol. The maximum absolute atomic E-state index is 5.44. The predicted octanol–water partition coefficient (Wildman–Crippen LogP) is 5.02. The van der Waals surface area contributed by atoms with Crippen molar-refractivity contribution in [2.75, 3.05) is 21.3 Å². The number of nitrogens with zero attached hydrogens (tertiary/aromatic N) is 2. The Morgan fingerprint density at radius 1 is 1.16 bits per heavy atom. The van der Waals surface area contributed by atoms with Gasteiger partial charge in [-0.2, -0.15) is 8.89 Å². The molecule has 0 aliphatic carbocycles. The van der Waals surface area contributed by atoms with Crippen LogP contribution in [-0.4, -0.2) is 31.9 Å². The van der Waals surface area contributed by atoms with Gasteiger partial charge in [0.05, 0.1) is 26.2 Å². The van der Waals surface area contributed by atoms with E-state index in [9.17, 15) is 0 Å². The summed E-state index contributed by atoms with van der Waals surface area (Å²) in [4.78, 5) is 1.000. The van der Waals surface area contributed by atoms with Gasteiger partial charge in [-0.05, 0) is 42.2 Å². The number of hydrogen-bond acceptors (Lipinski definition) is 6. The van der Waals surface area contributed by atoms with Gasteiger partial charge in [0.1, 0.15) is 0 Å². The standard InChI is InChI=1S/C18H19ClN2O3S/c1-5-12(7-6-8-20-19)14-11-21-25-18(14)13-9-15(22-2)17(24-4)16(10-13)23-3/h5-11H,1-4H3/b7-6-,12-5+,20-8?. The van der Waals surface area contributed by atoms with Crippen LogP contribution in [0, 0.1) is 0 Å². The van der Waals surface area contributed by atoms with Gasteiger partial charge < -0.3 is 14.2 Å². The van der Waals surface area contributed by atoms with E-state index < -0.39 is 0 Å². The first-order valence-corrected chi connectivity index (χ1v) is 8.54. The number of allylic oxidation sites excluding steroid dienone is 4. The van der Waals surface area contributed by atoms with Crippen molar-refractivity contribution in [1.82, 2.24) is 4.37 Å². The minimum atomic E-state index is 0.560. The zero-order valence-electron chi connectivity index (χ0n) is 14.4. The highest BCUT2D eigenvalue weighted by Crippen LogP contribution is 2.43. The Morgan fingerprint density at radius 2 is 1.84 bits per heavy atom. The Balaban J connectivity index is 2.56. The average molecular weight is 379 g/mol. The lowest BCUT2D eigenvalue weighted by Gasteiger charge is -2.14. The van der Waals surface area contributed by atoms with E-state index in [0.29, 0.717) is 17.2 Å². The van der Waals surface area contributed by atoms with Crippen LogP contribution in [-0.2, 0) is 0 Å². The minimum Gasteiger partial charge on any atom is -0.493 e. The van der Waals surface area contributed by atoms with E-state index in [2.05, 4.69) is 8.89 Å². The van der Waals surface area contributed by atoms with Crippen molar-refractivity contribution < 1.29 is 14.2 Å². The largest absolute Gasteiger partial charge is 0.493 e. The summed E-state index contributed by atoms with van der Waals surface area (Å²) >= 11 is 6.73. The molecule has 2 aromatic rings. The Labute approximate surface area is 156 Å². The number of ether oxygens (including phenoxy) is 3. The summed E-state index contributed by atoms with van der Waals surface area (Å²) in [5.74, 6) is 1.76. The van der Waals surface area contributed by atoms with Crippen LogP contribution in [0.3, 0.4) is 0 Å². The molecule has 0 aliphatic rings. The van der Waals surface area contributed by atoms with Gasteiger partial charge in [-0.15, -0.1) is 0 Å². The van der Waals surface area contributed by atoms with Crippen molar-refractivity contribution in [3.8, 4) is 27.7 Å². The van der Waals surface area contributed by atoms with E-state index >= 15 is 0 Å². The van der Waals surface area contributed by atoms with Gasteiger partial charge in [0, 0.05) is 35.3 Å². The monoisotopic (exact) mass is 378 g/mol. The molecule has 25 heavy (non-hydrogen) atoms. The third kappa shape index (κ3) is 4.21. The Kier molecular flexibility index (Phi) is 7.03. The molecule has 0 fully saturated rings. The van der Waals surface area contributed by atoms with Crippen molar-refractivity contribution in [1.29, 1.82) is 0 Å². The molecule has 132 valence electrons. The first-order chi connectivity index (χ1) is 12.2. The minimum absolute atomic E-state index is 0.560. The van der Waals surface area contributed by atoms with Gasteiger partial charge in [0.25, 0.3) is 0 Å². The van der Waals surface area contributed by atoms with Gasteiger partial charge in [-0.25, -0.2) is 0 Å². The van der Waals surface area contributed by atoms with Crippen LogP contribution in [0.2, 0.25) is 0 Å². The number of hydrogen-bond donors (Lipinski definition) is 0. The summed E-state index contributed by atoms with van der Waals surface area (Å²) in [6, 6.07) is 3.82. The van der Waals surface area contributed by atoms with Crippen LogP contribution in [0.15, 0.2) is 41.1 Å². The molecule has 0 atom stereocenters. The molecule has 0 aliphatic heterocycles. The molecule has 0 amide bonds. The number of methoxy groups -OCH3 is 3. The van der Waals surface area contributed by atoms with Crippen LogP contribution in [0.4, 0.5) is 0 Å². The zero-order chi connectivity index (χ0) is 18.2. The fourth-order valence-electron chi connectivity index (χ4n) is 2.39. The molecule has 1 aromatic carbocycles. The molecule has 7 heteroatoms. The summed E-state index contributed by atoms with van der Waals surface area (Å²) in [5.41, 5.74) is 2.95. The molecule has 0 bridgehead atoms. The SMILES string of the molecule is C/C=C(\C=C/C=NCl)c1cnsc1-c1cc(OC)c(OC)c(OC)c1. The number of aromatic nitrogens is 1. The highest BCUT2D eigenvalue weighted by atomic mass is 35.5. The van der Waals surface area contributed by atoms with Gasteiger partial charge in [0.15, 0.2) is 11.5 Å². The molecule has 0 spiro atoms. The molecule has 0 N–H and O–H groups in total. The molecule has 0 unspecified atom stereocenters. The van der Waals surface area contributed by atoms with E-state index in [-0.39, 0.29) is 0 Å². The van der Waals surface area contributed by atoms with Gasteiger partial charge >= 0.3 is 0 Å². The maximum atomic E-state index is 5.44. The number of benzene rings is 1. The molecular weight excluding hydrogens is 360 g/mol. The molecule has 1 aromatic heterocycles. The highest BCUT2D eigenvalue weighted by molar-refractivity contribution is 7.09. The Hall–Kier alpha value is -2.31. The quantitative estimate of drug-likeness (QED) is 0.501. The van der Waals surface area contributed by atoms with Crippen LogP contribution < -0.4 is 14.2 Å². The van der Waals surface area contributed by atoms with E-state index in [1.807, 2.05) is 37.4 Å². The van der Waals surface area contributed by atoms with Crippen molar-refractivity contribution >= 4 is 35.1 Å². The van der Waals surface area contributed by atoms with Crippen molar-refractivity contribution in [2.24, 2.45) is 4.51 Å². The van der Waals surface area contributed by atoms with Crippen LogP contribution in [0.1, 0.15) is 12.5 Å². The summed E-state index contributed by atoms with van der Waals surface area (Å²) in [7, 11) is 4.78. The van der Waals surface area contributed by atoms with Crippen LogP contribution in [0.25, 0.3) is 16.0 Å². The van der Waals surface area contributed by atoms with Crippen molar-refractivity contribution in [3.05, 3.63) is 42.1 Å². The Morgan fingerprint density at radius 3 is 2.36 bits per heavy atom. The fourth-order valence-corrected chi connectivity index (χ4v) is 3.21. The van der Waals surface area contributed by atoms with Crippen molar-refractivity contribution in [3.63, 3.8) is 0 Å². The topological polar surface area (TPSA) is 52.9 Å². The lowest BCUT2D eigenvalue weighted by molar-refractivity contribution is 0.324. The van der Waals surface area contributed by atoms with Crippen LogP contribution >= 0.6 is 23.3 Å². The maximum Gasteiger partial charge on any atom is 0.203 e. The van der Waals surface area contributed by atoms with E-state index in [0.717, 1.165) is 21.6 Å². The first kappa shape index (κ1) is 19.0. The van der Waals surface area contributed by atoms with Gasteiger partial charge in [-0.3, -0.25) is 0 Å². The summed E-state index contributed by atoms with van der Waals surface area (Å²) < 4.78 is 24.1. The zero-order valence-corrected chi connectivity index (χ0v) is 16.0. The average Bonchev–Trinajstić information content (AvgIpc) is 3.13. The second-order valence-corrected chi connectivity index (χ2v) is 5.83. The normalized spacial score (nSPS) is 12.1. The fraction of sp³-hybridized carbons (Fsp3) is 0.222. The summed E-state index contributed by atoms with van der Waals surface area (Å²) in [6.07, 6.45) is 9.06. The van der Waals surface area contributed by atoms with Crippen molar-refractivity contribution in [2.45, 2.75) is 6.92 Å². The molecule has 2 rings (SSSR count). The molecular formula is C18H19ClN2O3S. The van der Waals surface area contributed by atoms with E-state index in [1.54, 1.807) is 27.4 Å². The summed E-state index contributed by atoms with van der Waals surface area (Å²) in [5, 5.41) is 0. The van der Waals surface area contributed by atoms with Gasteiger partial charge in [-0.1, -0.05) is 12.2 Å². The first-order valence-electron chi connectivity index (χ1n) is 7.42. The van der Waals surface area contributed by atoms with E-state index in [1.165, 1.54) is 17.7 Å². The molecule has 5 nitrogen and oxygen atoms in total. The van der Waals surface area contributed by atoms with E-state index in [4.69, 9.17) is 26.0 Å². The Bertz CT molecular complexity index is 787.